The highest BCUT2D eigenvalue weighted by Gasteiger charge is 2.65. The molecule has 32 heavy (non-hydrogen) atoms. The summed E-state index contributed by atoms with van der Waals surface area (Å²) in [5.41, 5.74) is -0.0997. The van der Waals surface area contributed by atoms with Crippen molar-refractivity contribution in [1.29, 1.82) is 0 Å². The van der Waals surface area contributed by atoms with Gasteiger partial charge in [0.2, 0.25) is 0 Å². The third-order valence-electron chi connectivity index (χ3n) is 9.98. The second kappa shape index (κ2) is 7.63. The molecule has 0 amide bonds. The predicted molar refractivity (Wildman–Crippen MR) is 126 cm³/mol. The first-order valence-electron chi connectivity index (χ1n) is 12.6. The van der Waals surface area contributed by atoms with Gasteiger partial charge in [0.15, 0.2) is 5.78 Å². The number of hydrogen-bond donors (Lipinski definition) is 2. The summed E-state index contributed by atoms with van der Waals surface area (Å²) >= 11 is 0. The highest BCUT2D eigenvalue weighted by molar-refractivity contribution is 5.94. The summed E-state index contributed by atoms with van der Waals surface area (Å²) in [6.45, 7) is 12.3. The molecule has 0 bridgehead atoms. The number of carbonyl (C=O) groups excluding carboxylic acids is 2. The van der Waals surface area contributed by atoms with E-state index in [1.54, 1.807) is 13.8 Å². The fraction of sp³-hybridized carbons (Fsp3) is 0.786. The van der Waals surface area contributed by atoms with E-state index in [1.165, 1.54) is 30.6 Å². The van der Waals surface area contributed by atoms with Crippen molar-refractivity contribution in [2.24, 2.45) is 39.9 Å². The van der Waals surface area contributed by atoms with Gasteiger partial charge in [-0.1, -0.05) is 51.8 Å². The van der Waals surface area contributed by atoms with Crippen LogP contribution in [0.4, 0.5) is 0 Å². The van der Waals surface area contributed by atoms with Gasteiger partial charge in [0.1, 0.15) is 11.9 Å². The monoisotopic (exact) mass is 442 g/mol. The molecule has 2 N–H and O–H groups in total. The molecule has 4 aliphatic carbocycles. The Hall–Kier alpha value is -1.26. The standard InChI is InChI=1S/C28H42O4/c1-25(2)14-7-8-19-17(25)9-11-20-18-10-12-21(24(31)22(29)13-15-26(3,4)32)27(18,5)16-23(30)28(19,20)6/h9,13,15,18-21,24,31-32H,7-8,10-12,14,16H2,1-6H3/b15-13+. The van der Waals surface area contributed by atoms with E-state index in [4.69, 9.17) is 0 Å². The molecule has 0 spiro atoms. The molecule has 4 rings (SSSR count). The van der Waals surface area contributed by atoms with Crippen molar-refractivity contribution in [2.75, 3.05) is 0 Å². The van der Waals surface area contributed by atoms with Crippen LogP contribution in [0.5, 0.6) is 0 Å². The van der Waals surface area contributed by atoms with Gasteiger partial charge in [-0.05, 0) is 86.5 Å². The molecule has 4 aliphatic rings. The minimum Gasteiger partial charge on any atom is -0.386 e. The van der Waals surface area contributed by atoms with E-state index in [2.05, 4.69) is 33.8 Å². The first-order valence-corrected chi connectivity index (χ1v) is 12.6. The van der Waals surface area contributed by atoms with Gasteiger partial charge in [-0.3, -0.25) is 9.59 Å². The SMILES string of the molecule is CC(C)(O)/C=C/C(=O)C(O)C1CCC2C3CC=C4C(CCCC4(C)C)C3(C)C(=O)CC12C. The second-order valence-corrected chi connectivity index (χ2v) is 12.8. The molecule has 3 saturated carbocycles. The van der Waals surface area contributed by atoms with E-state index in [9.17, 15) is 19.8 Å². The van der Waals surface area contributed by atoms with Gasteiger partial charge in [0, 0.05) is 11.8 Å². The van der Waals surface area contributed by atoms with Crippen LogP contribution < -0.4 is 0 Å². The van der Waals surface area contributed by atoms with Crippen LogP contribution in [0.3, 0.4) is 0 Å². The van der Waals surface area contributed by atoms with Gasteiger partial charge in [0.25, 0.3) is 0 Å². The van der Waals surface area contributed by atoms with E-state index in [0.29, 0.717) is 24.0 Å². The minimum atomic E-state index is -1.12. The maximum atomic E-state index is 13.9. The highest BCUT2D eigenvalue weighted by atomic mass is 16.3. The Labute approximate surface area is 193 Å². The zero-order chi connectivity index (χ0) is 23.7. The molecule has 4 heteroatoms. The lowest BCUT2D eigenvalue weighted by molar-refractivity contribution is -0.157. The molecule has 178 valence electrons. The number of carbonyl (C=O) groups is 2. The summed E-state index contributed by atoms with van der Waals surface area (Å²) in [4.78, 5) is 26.7. The van der Waals surface area contributed by atoms with Gasteiger partial charge in [-0.25, -0.2) is 0 Å². The maximum Gasteiger partial charge on any atom is 0.184 e. The molecule has 0 heterocycles. The Morgan fingerprint density at radius 2 is 1.84 bits per heavy atom. The van der Waals surface area contributed by atoms with E-state index >= 15 is 0 Å². The van der Waals surface area contributed by atoms with Crippen LogP contribution in [0.15, 0.2) is 23.8 Å². The van der Waals surface area contributed by atoms with Crippen molar-refractivity contribution in [2.45, 2.75) is 98.2 Å². The lowest BCUT2D eigenvalue weighted by Crippen LogP contribution is -2.59. The van der Waals surface area contributed by atoms with Gasteiger partial charge in [-0.15, -0.1) is 0 Å². The minimum absolute atomic E-state index is 0.172. The van der Waals surface area contributed by atoms with Crippen molar-refractivity contribution in [3.63, 3.8) is 0 Å². The number of hydrogen-bond acceptors (Lipinski definition) is 4. The summed E-state index contributed by atoms with van der Waals surface area (Å²) in [7, 11) is 0. The smallest absolute Gasteiger partial charge is 0.184 e. The molecule has 4 nitrogen and oxygen atoms in total. The predicted octanol–water partition coefficient (Wildman–Crippen LogP) is 5.03. The van der Waals surface area contributed by atoms with Gasteiger partial charge < -0.3 is 10.2 Å². The number of Topliss-reactive ketones (excluding diaryl/α,β-unsaturated/α-hetero) is 1. The summed E-state index contributed by atoms with van der Waals surface area (Å²) in [6.07, 6.45) is 10.7. The number of fused-ring (bicyclic) bond motifs is 5. The number of rotatable bonds is 4. The van der Waals surface area contributed by atoms with Crippen molar-refractivity contribution in [3.8, 4) is 0 Å². The Kier molecular flexibility index (Phi) is 5.69. The Balaban J connectivity index is 1.64. The van der Waals surface area contributed by atoms with Crippen molar-refractivity contribution >= 4 is 11.6 Å². The lowest BCUT2D eigenvalue weighted by atomic mass is 9.43. The molecule has 7 unspecified atom stereocenters. The zero-order valence-electron chi connectivity index (χ0n) is 20.8. The van der Waals surface area contributed by atoms with Crippen LogP contribution >= 0.6 is 0 Å². The van der Waals surface area contributed by atoms with Crippen molar-refractivity contribution in [1.82, 2.24) is 0 Å². The van der Waals surface area contributed by atoms with Crippen LogP contribution in [0, 0.1) is 39.9 Å². The van der Waals surface area contributed by atoms with Crippen molar-refractivity contribution in [3.05, 3.63) is 23.8 Å². The van der Waals surface area contributed by atoms with Crippen LogP contribution in [0.1, 0.15) is 86.5 Å². The average molecular weight is 443 g/mol. The van der Waals surface area contributed by atoms with Gasteiger partial charge >= 0.3 is 0 Å². The van der Waals surface area contributed by atoms with E-state index in [-0.39, 0.29) is 33.9 Å². The third-order valence-corrected chi connectivity index (χ3v) is 9.98. The van der Waals surface area contributed by atoms with E-state index in [0.717, 1.165) is 25.7 Å². The summed E-state index contributed by atoms with van der Waals surface area (Å²) in [5, 5.41) is 20.9. The topological polar surface area (TPSA) is 74.6 Å². The molecule has 0 aromatic heterocycles. The molecule has 0 aromatic carbocycles. The fourth-order valence-electron chi connectivity index (χ4n) is 8.16. The molecule has 0 radical (unpaired) electrons. The van der Waals surface area contributed by atoms with Gasteiger partial charge in [0.05, 0.1) is 5.60 Å². The van der Waals surface area contributed by atoms with Crippen LogP contribution in [0.2, 0.25) is 0 Å². The first kappa shape index (κ1) is 23.9. The highest BCUT2D eigenvalue weighted by Crippen LogP contribution is 2.68. The third kappa shape index (κ3) is 3.57. The molecule has 7 atom stereocenters. The number of aliphatic hydroxyl groups is 2. The number of ketones is 2. The molecular formula is C28H42O4. The summed E-state index contributed by atoms with van der Waals surface area (Å²) < 4.78 is 0. The van der Waals surface area contributed by atoms with E-state index < -0.39 is 11.7 Å². The quantitative estimate of drug-likeness (QED) is 0.473. The van der Waals surface area contributed by atoms with Crippen molar-refractivity contribution < 1.29 is 19.8 Å². The normalized spacial score (nSPS) is 42.1. The Morgan fingerprint density at radius 1 is 1.16 bits per heavy atom. The number of aliphatic hydroxyl groups excluding tert-OH is 1. The molecule has 0 aliphatic heterocycles. The summed E-state index contributed by atoms with van der Waals surface area (Å²) in [5.74, 6) is 0.734. The first-order chi connectivity index (χ1) is 14.7. The molecular weight excluding hydrogens is 400 g/mol. The van der Waals surface area contributed by atoms with Crippen LogP contribution in [0.25, 0.3) is 0 Å². The second-order valence-electron chi connectivity index (χ2n) is 12.8. The summed E-state index contributed by atoms with van der Waals surface area (Å²) in [6, 6.07) is 0. The molecule has 3 fully saturated rings. The molecule has 0 aromatic rings. The van der Waals surface area contributed by atoms with Crippen LogP contribution in [-0.2, 0) is 9.59 Å². The molecule has 0 saturated heterocycles. The fourth-order valence-corrected chi connectivity index (χ4v) is 8.16. The largest absolute Gasteiger partial charge is 0.386 e. The maximum absolute atomic E-state index is 13.9. The van der Waals surface area contributed by atoms with Crippen LogP contribution in [-0.4, -0.2) is 33.5 Å². The lowest BCUT2D eigenvalue weighted by Gasteiger charge is -2.60. The zero-order valence-corrected chi connectivity index (χ0v) is 20.8. The van der Waals surface area contributed by atoms with Gasteiger partial charge in [-0.2, -0.15) is 0 Å². The average Bonchev–Trinajstić information content (AvgIpc) is 3.02. The Morgan fingerprint density at radius 3 is 2.50 bits per heavy atom. The Bertz CT molecular complexity index is 859. The number of allylic oxidation sites excluding steroid dienone is 2. The van der Waals surface area contributed by atoms with E-state index in [1.807, 2.05) is 0 Å².